The molecule has 17 heavy (non-hydrogen) atoms. The van der Waals surface area contributed by atoms with E-state index < -0.39 is 5.54 Å². The summed E-state index contributed by atoms with van der Waals surface area (Å²) in [5.74, 6) is 0. The van der Waals surface area contributed by atoms with Crippen molar-refractivity contribution in [1.29, 1.82) is 5.26 Å². The Balaban J connectivity index is 2.27. The summed E-state index contributed by atoms with van der Waals surface area (Å²) < 4.78 is 0. The van der Waals surface area contributed by atoms with Gasteiger partial charge in [-0.25, -0.2) is 0 Å². The summed E-state index contributed by atoms with van der Waals surface area (Å²) >= 11 is 0. The second kappa shape index (κ2) is 4.16. The molecule has 0 aromatic heterocycles. The van der Waals surface area contributed by atoms with Crippen molar-refractivity contribution in [2.45, 2.75) is 51.1 Å². The van der Waals surface area contributed by atoms with Crippen molar-refractivity contribution in [3.8, 4) is 6.07 Å². The lowest BCUT2D eigenvalue weighted by Crippen LogP contribution is -2.56. The first-order valence-electron chi connectivity index (χ1n) is 6.22. The minimum Gasteiger partial charge on any atom is -0.294 e. The second-order valence-electron chi connectivity index (χ2n) is 6.01. The summed E-state index contributed by atoms with van der Waals surface area (Å²) in [5, 5.41) is 13.0. The highest BCUT2D eigenvalue weighted by Gasteiger charge is 2.37. The Hall–Kier alpha value is -1.33. The van der Waals surface area contributed by atoms with Gasteiger partial charge in [0.25, 0.3) is 0 Å². The molecule has 0 saturated carbocycles. The number of rotatable bonds is 1. The number of aryl methyl sites for hydroxylation is 1. The fourth-order valence-corrected chi connectivity index (χ4v) is 2.68. The van der Waals surface area contributed by atoms with Crippen molar-refractivity contribution in [1.82, 2.24) is 5.32 Å². The molecule has 1 aromatic carbocycles. The molecular formula is C15H20N2. The second-order valence-corrected chi connectivity index (χ2v) is 6.01. The molecular weight excluding hydrogens is 208 g/mol. The summed E-state index contributed by atoms with van der Waals surface area (Å²) in [6.07, 6.45) is 2.71. The van der Waals surface area contributed by atoms with Crippen LogP contribution in [0.3, 0.4) is 0 Å². The van der Waals surface area contributed by atoms with Crippen LogP contribution in [0, 0.1) is 11.3 Å². The highest BCUT2D eigenvalue weighted by atomic mass is 15.0. The summed E-state index contributed by atoms with van der Waals surface area (Å²) in [4.78, 5) is 0. The summed E-state index contributed by atoms with van der Waals surface area (Å²) in [7, 11) is 0. The Morgan fingerprint density at radius 3 is 2.47 bits per heavy atom. The van der Waals surface area contributed by atoms with Gasteiger partial charge in [-0.15, -0.1) is 0 Å². The summed E-state index contributed by atoms with van der Waals surface area (Å²) in [6.45, 7) is 6.35. The zero-order valence-corrected chi connectivity index (χ0v) is 10.9. The van der Waals surface area contributed by atoms with Crippen molar-refractivity contribution in [2.75, 3.05) is 0 Å². The Morgan fingerprint density at radius 1 is 1.24 bits per heavy atom. The maximum Gasteiger partial charge on any atom is 0.111 e. The van der Waals surface area contributed by atoms with Gasteiger partial charge in [-0.1, -0.05) is 24.3 Å². The van der Waals surface area contributed by atoms with E-state index in [4.69, 9.17) is 0 Å². The fraction of sp³-hybridized carbons (Fsp3) is 0.533. The summed E-state index contributed by atoms with van der Waals surface area (Å²) in [6, 6.07) is 11.0. The van der Waals surface area contributed by atoms with E-state index in [9.17, 15) is 5.26 Å². The van der Waals surface area contributed by atoms with E-state index in [2.05, 4.69) is 56.4 Å². The normalized spacial score (nSPS) is 23.9. The van der Waals surface area contributed by atoms with Gasteiger partial charge in [0.05, 0.1) is 6.07 Å². The smallest absolute Gasteiger partial charge is 0.111 e. The van der Waals surface area contributed by atoms with Crippen molar-refractivity contribution in [3.05, 3.63) is 35.4 Å². The maximum absolute atomic E-state index is 9.52. The lowest BCUT2D eigenvalue weighted by molar-refractivity contribution is 0.274. The van der Waals surface area contributed by atoms with E-state index in [1.807, 2.05) is 0 Å². The predicted molar refractivity (Wildman–Crippen MR) is 69.7 cm³/mol. The van der Waals surface area contributed by atoms with Gasteiger partial charge in [0.15, 0.2) is 0 Å². The largest absolute Gasteiger partial charge is 0.294 e. The van der Waals surface area contributed by atoms with Gasteiger partial charge in [-0.2, -0.15) is 5.26 Å². The van der Waals surface area contributed by atoms with Gasteiger partial charge in [-0.3, -0.25) is 5.32 Å². The summed E-state index contributed by atoms with van der Waals surface area (Å²) in [5.41, 5.74) is 2.29. The first-order valence-corrected chi connectivity index (χ1v) is 6.22. The van der Waals surface area contributed by atoms with Crippen LogP contribution in [0.5, 0.6) is 0 Å². The monoisotopic (exact) mass is 228 g/mol. The zero-order valence-electron chi connectivity index (χ0n) is 10.9. The van der Waals surface area contributed by atoms with Gasteiger partial charge < -0.3 is 0 Å². The molecule has 1 aliphatic rings. The van der Waals surface area contributed by atoms with E-state index in [-0.39, 0.29) is 5.54 Å². The zero-order chi connectivity index (χ0) is 12.5. The molecule has 2 nitrogen and oxygen atoms in total. The van der Waals surface area contributed by atoms with E-state index in [1.54, 1.807) is 0 Å². The average Bonchev–Trinajstić information content (AvgIpc) is 2.27. The quantitative estimate of drug-likeness (QED) is 0.802. The van der Waals surface area contributed by atoms with Crippen molar-refractivity contribution in [2.24, 2.45) is 0 Å². The van der Waals surface area contributed by atoms with Crippen LogP contribution in [0.2, 0.25) is 0 Å². The van der Waals surface area contributed by atoms with Gasteiger partial charge >= 0.3 is 0 Å². The van der Waals surface area contributed by atoms with E-state index >= 15 is 0 Å². The van der Waals surface area contributed by atoms with Crippen LogP contribution >= 0.6 is 0 Å². The van der Waals surface area contributed by atoms with Crippen molar-refractivity contribution >= 4 is 0 Å². The van der Waals surface area contributed by atoms with Crippen LogP contribution in [0.1, 0.15) is 38.3 Å². The Bertz CT molecular complexity index is 451. The fourth-order valence-electron chi connectivity index (χ4n) is 2.68. The molecule has 0 amide bonds. The Labute approximate surface area is 104 Å². The number of nitrogens with one attached hydrogen (secondary N) is 1. The third kappa shape index (κ3) is 2.68. The van der Waals surface area contributed by atoms with Gasteiger partial charge in [0.1, 0.15) is 5.54 Å². The highest BCUT2D eigenvalue weighted by molar-refractivity contribution is 5.35. The first-order chi connectivity index (χ1) is 7.94. The molecule has 1 atom stereocenters. The molecule has 2 heteroatoms. The molecule has 1 aliphatic carbocycles. The van der Waals surface area contributed by atoms with Gasteiger partial charge in [-0.05, 0) is 44.7 Å². The molecule has 1 aromatic rings. The minimum atomic E-state index is -0.396. The van der Waals surface area contributed by atoms with Gasteiger partial charge in [0, 0.05) is 12.0 Å². The molecule has 0 heterocycles. The number of hydrogen-bond donors (Lipinski definition) is 1. The Kier molecular flexibility index (Phi) is 2.97. The highest BCUT2D eigenvalue weighted by Crippen LogP contribution is 2.29. The predicted octanol–water partition coefficient (Wildman–Crippen LogP) is 2.83. The average molecular weight is 228 g/mol. The first kappa shape index (κ1) is 12.1. The van der Waals surface area contributed by atoms with Crippen molar-refractivity contribution < 1.29 is 0 Å². The molecule has 90 valence electrons. The van der Waals surface area contributed by atoms with E-state index in [1.165, 1.54) is 11.1 Å². The SMILES string of the molecule is CC(C)(C)NC1(C#N)CCc2ccccc2C1. The third-order valence-electron chi connectivity index (χ3n) is 3.26. The minimum absolute atomic E-state index is 0.0258. The maximum atomic E-state index is 9.52. The standard InChI is InChI=1S/C15H20N2/c1-14(2,3)17-15(11-16)9-8-12-6-4-5-7-13(12)10-15/h4-7,17H,8-10H2,1-3H3. The molecule has 0 bridgehead atoms. The topological polar surface area (TPSA) is 35.8 Å². The lowest BCUT2D eigenvalue weighted by atomic mass is 9.77. The van der Waals surface area contributed by atoms with E-state index in [0.717, 1.165) is 19.3 Å². The van der Waals surface area contributed by atoms with Crippen LogP contribution in [-0.4, -0.2) is 11.1 Å². The number of benzene rings is 1. The van der Waals surface area contributed by atoms with Crippen LogP contribution < -0.4 is 5.32 Å². The van der Waals surface area contributed by atoms with Crippen LogP contribution in [0.15, 0.2) is 24.3 Å². The molecule has 0 radical (unpaired) electrons. The number of nitriles is 1. The van der Waals surface area contributed by atoms with Crippen LogP contribution in [0.25, 0.3) is 0 Å². The molecule has 0 fully saturated rings. The Morgan fingerprint density at radius 2 is 1.88 bits per heavy atom. The molecule has 0 saturated heterocycles. The molecule has 0 aliphatic heterocycles. The van der Waals surface area contributed by atoms with Crippen LogP contribution in [0.4, 0.5) is 0 Å². The molecule has 2 rings (SSSR count). The van der Waals surface area contributed by atoms with Crippen molar-refractivity contribution in [3.63, 3.8) is 0 Å². The number of fused-ring (bicyclic) bond motifs is 1. The van der Waals surface area contributed by atoms with E-state index in [0.29, 0.717) is 0 Å². The molecule has 1 N–H and O–H groups in total. The molecule has 1 unspecified atom stereocenters. The lowest BCUT2D eigenvalue weighted by Gasteiger charge is -2.38. The van der Waals surface area contributed by atoms with Gasteiger partial charge in [0.2, 0.25) is 0 Å². The number of hydrogen-bond acceptors (Lipinski definition) is 2. The third-order valence-corrected chi connectivity index (χ3v) is 3.26. The van der Waals surface area contributed by atoms with Crippen LogP contribution in [-0.2, 0) is 12.8 Å². The number of nitrogens with zero attached hydrogens (tertiary/aromatic N) is 1. The molecule has 0 spiro atoms.